The molecule has 0 bridgehead atoms. The first-order chi connectivity index (χ1) is 5.41. The van der Waals surface area contributed by atoms with E-state index in [-0.39, 0.29) is 0 Å². The Balaban J connectivity index is 4.44. The van der Waals surface area contributed by atoms with Crippen molar-refractivity contribution >= 4 is 15.6 Å². The minimum atomic E-state index is -5.57. The van der Waals surface area contributed by atoms with Crippen LogP contribution < -0.4 is 14.7 Å². The van der Waals surface area contributed by atoms with Gasteiger partial charge in [-0.2, -0.15) is 0 Å². The topological polar surface area (TPSA) is 122 Å². The molecule has 0 spiro atoms. The third-order valence-corrected chi connectivity index (χ3v) is 2.96. The summed E-state index contributed by atoms with van der Waals surface area (Å²) in [4.78, 5) is 30.5. The molecule has 13 heavy (non-hydrogen) atoms. The van der Waals surface area contributed by atoms with Crippen molar-refractivity contribution in [2.24, 2.45) is 0 Å². The van der Waals surface area contributed by atoms with Crippen LogP contribution in [0.15, 0.2) is 0 Å². The second-order valence-corrected chi connectivity index (χ2v) is 5.80. The van der Waals surface area contributed by atoms with Crippen molar-refractivity contribution in [2.75, 3.05) is 0 Å². The molecule has 0 N–H and O–H groups in total. The number of phosphoric acid groups is 2. The van der Waals surface area contributed by atoms with Crippen LogP contribution >= 0.6 is 15.6 Å². The van der Waals surface area contributed by atoms with E-state index in [0.717, 1.165) is 0 Å². The molecule has 1 unspecified atom stereocenters. The molecule has 0 aromatic carbocycles. The van der Waals surface area contributed by atoms with Gasteiger partial charge in [-0.15, -0.1) is 0 Å². The van der Waals surface area contributed by atoms with E-state index in [9.17, 15) is 23.8 Å². The summed E-state index contributed by atoms with van der Waals surface area (Å²) in [6, 6.07) is 0. The Kier molecular flexibility index (Phi) is 3.86. The Morgan fingerprint density at radius 2 is 1.46 bits per heavy atom. The molecule has 80 valence electrons. The summed E-state index contributed by atoms with van der Waals surface area (Å²) >= 11 is 0. The van der Waals surface area contributed by atoms with Crippen LogP contribution in [0.1, 0.15) is 20.8 Å². The van der Waals surface area contributed by atoms with E-state index >= 15 is 0 Å². The van der Waals surface area contributed by atoms with Crippen molar-refractivity contribution in [2.45, 2.75) is 26.4 Å². The Labute approximate surface area is 75.5 Å². The highest BCUT2D eigenvalue weighted by Gasteiger charge is 2.21. The molecule has 0 fully saturated rings. The van der Waals surface area contributed by atoms with Gasteiger partial charge in [-0.3, -0.25) is 8.88 Å². The maximum atomic E-state index is 10.7. The normalized spacial score (nSPS) is 18.3. The van der Waals surface area contributed by atoms with Crippen LogP contribution in [0.25, 0.3) is 0 Å². The fourth-order valence-corrected chi connectivity index (χ4v) is 2.26. The highest BCUT2D eigenvalue weighted by atomic mass is 31.3. The van der Waals surface area contributed by atoms with E-state index < -0.39 is 21.2 Å². The lowest BCUT2D eigenvalue weighted by Crippen LogP contribution is -2.25. The largest absolute Gasteiger partial charge is 0.790 e. The molecule has 0 aliphatic heterocycles. The van der Waals surface area contributed by atoms with Gasteiger partial charge in [0.2, 0.25) is 0 Å². The second-order valence-electron chi connectivity index (χ2n) is 3.18. The second kappa shape index (κ2) is 3.79. The summed E-state index contributed by atoms with van der Waals surface area (Å²) in [6.45, 7) is 4.09. The zero-order valence-corrected chi connectivity index (χ0v) is 9.04. The maximum Gasteiger partial charge on any atom is 0.272 e. The number of rotatable bonds is 3. The van der Waals surface area contributed by atoms with Gasteiger partial charge in [0.25, 0.3) is 7.82 Å². The van der Waals surface area contributed by atoms with Gasteiger partial charge in [-0.25, -0.2) is 0 Å². The van der Waals surface area contributed by atoms with E-state index in [4.69, 9.17) is 0 Å². The predicted octanol–water partition coefficient (Wildman–Crippen LogP) is -0.885. The van der Waals surface area contributed by atoms with Crippen LogP contribution in [0.5, 0.6) is 0 Å². The lowest BCUT2D eigenvalue weighted by Gasteiger charge is -2.38. The van der Waals surface area contributed by atoms with E-state index in [2.05, 4.69) is 8.83 Å². The molecular formula is C4H9O7P2-3. The van der Waals surface area contributed by atoms with Gasteiger partial charge in [0.05, 0.1) is 13.4 Å². The van der Waals surface area contributed by atoms with Crippen molar-refractivity contribution < 1.29 is 32.6 Å². The summed E-state index contributed by atoms with van der Waals surface area (Å²) in [5, 5.41) is 0. The molecule has 0 aromatic heterocycles. The van der Waals surface area contributed by atoms with Crippen molar-refractivity contribution in [3.63, 3.8) is 0 Å². The smallest absolute Gasteiger partial charge is 0.272 e. The van der Waals surface area contributed by atoms with Crippen molar-refractivity contribution in [1.82, 2.24) is 0 Å². The highest BCUT2D eigenvalue weighted by molar-refractivity contribution is 7.58. The number of hydrogen-bond acceptors (Lipinski definition) is 7. The molecule has 0 aliphatic carbocycles. The Bertz CT molecular complexity index is 260. The maximum absolute atomic E-state index is 10.7. The third-order valence-electron chi connectivity index (χ3n) is 0.586. The summed E-state index contributed by atoms with van der Waals surface area (Å²) in [7, 11) is -10.6. The SMILES string of the molecule is CC(C)(C)OP(=O)([O-])OP(=O)([O-])[O-]. The van der Waals surface area contributed by atoms with Crippen LogP contribution in [0.4, 0.5) is 0 Å². The first-order valence-corrected chi connectivity index (χ1v) is 6.09. The molecule has 0 heterocycles. The molecule has 0 aliphatic rings. The van der Waals surface area contributed by atoms with E-state index in [1.807, 2.05) is 0 Å². The minimum absolute atomic E-state index is 1.15. The molecule has 1 atom stereocenters. The van der Waals surface area contributed by atoms with Gasteiger partial charge >= 0.3 is 0 Å². The Morgan fingerprint density at radius 3 is 1.69 bits per heavy atom. The Morgan fingerprint density at radius 1 is 1.08 bits per heavy atom. The summed E-state index contributed by atoms with van der Waals surface area (Å²) in [5.74, 6) is 0. The van der Waals surface area contributed by atoms with Crippen LogP contribution in [-0.2, 0) is 18.0 Å². The average molecular weight is 231 g/mol. The lowest BCUT2D eigenvalue weighted by atomic mass is 10.2. The molecule has 0 saturated heterocycles. The van der Waals surface area contributed by atoms with Crippen molar-refractivity contribution in [3.05, 3.63) is 0 Å². The third kappa shape index (κ3) is 8.59. The molecule has 7 nitrogen and oxygen atoms in total. The zero-order chi connectivity index (χ0) is 10.9. The van der Waals surface area contributed by atoms with Crippen LogP contribution in [0.3, 0.4) is 0 Å². The highest BCUT2D eigenvalue weighted by Crippen LogP contribution is 2.52. The van der Waals surface area contributed by atoms with Gasteiger partial charge < -0.3 is 23.8 Å². The predicted molar refractivity (Wildman–Crippen MR) is 37.1 cm³/mol. The Hall–Kier alpha value is 0.260. The molecule has 0 saturated carbocycles. The standard InChI is InChI=1S/C4H12O7P2/c1-4(2,3)10-13(8,9)11-12(5,6)7/h1-3H3,(H,8,9)(H2,5,6,7)/p-3. The van der Waals surface area contributed by atoms with Gasteiger partial charge in [-0.1, -0.05) is 0 Å². The number of hydrogen-bond donors (Lipinski definition) is 0. The first kappa shape index (κ1) is 13.3. The zero-order valence-electron chi connectivity index (χ0n) is 7.25. The van der Waals surface area contributed by atoms with Gasteiger partial charge in [0, 0.05) is 0 Å². The van der Waals surface area contributed by atoms with Crippen LogP contribution in [0.2, 0.25) is 0 Å². The molecule has 0 aromatic rings. The first-order valence-electron chi connectivity index (χ1n) is 3.16. The minimum Gasteiger partial charge on any atom is -0.790 e. The summed E-state index contributed by atoms with van der Waals surface area (Å²) in [6.07, 6.45) is 0. The van der Waals surface area contributed by atoms with Crippen LogP contribution in [-0.4, -0.2) is 5.60 Å². The monoisotopic (exact) mass is 231 g/mol. The quantitative estimate of drug-likeness (QED) is 0.577. The van der Waals surface area contributed by atoms with Gasteiger partial charge in [0.1, 0.15) is 0 Å². The summed E-state index contributed by atoms with van der Waals surface area (Å²) in [5.41, 5.74) is -1.15. The van der Waals surface area contributed by atoms with Crippen molar-refractivity contribution in [3.8, 4) is 0 Å². The fraction of sp³-hybridized carbons (Fsp3) is 1.00. The molecule has 0 rings (SSSR count). The van der Waals surface area contributed by atoms with E-state index in [0.29, 0.717) is 0 Å². The van der Waals surface area contributed by atoms with Gasteiger partial charge in [0.15, 0.2) is 0 Å². The van der Waals surface area contributed by atoms with E-state index in [1.165, 1.54) is 20.8 Å². The molecule has 0 radical (unpaired) electrons. The number of phosphoric ester groups is 1. The molecular weight excluding hydrogens is 222 g/mol. The van der Waals surface area contributed by atoms with Gasteiger partial charge in [-0.05, 0) is 20.8 Å². The van der Waals surface area contributed by atoms with E-state index in [1.54, 1.807) is 0 Å². The van der Waals surface area contributed by atoms with Crippen LogP contribution in [0, 0.1) is 0 Å². The lowest BCUT2D eigenvalue weighted by molar-refractivity contribution is -0.340. The summed E-state index contributed by atoms with van der Waals surface area (Å²) < 4.78 is 28.0. The van der Waals surface area contributed by atoms with Crippen molar-refractivity contribution in [1.29, 1.82) is 0 Å². The molecule has 9 heteroatoms. The fourth-order valence-electron chi connectivity index (χ4n) is 0.475. The molecule has 0 amide bonds. The average Bonchev–Trinajstić information content (AvgIpc) is 1.43.